The monoisotopic (exact) mass is 536 g/mol. The van der Waals surface area contributed by atoms with E-state index in [0.717, 1.165) is 37.7 Å². The molecule has 0 bridgehead atoms. The van der Waals surface area contributed by atoms with Gasteiger partial charge in [0.05, 0.1) is 17.1 Å². The van der Waals surface area contributed by atoms with E-state index in [1.54, 1.807) is 11.8 Å². The Kier molecular flexibility index (Phi) is 5.76. The van der Waals surface area contributed by atoms with Crippen LogP contribution in [-0.2, 0) is 0 Å². The van der Waals surface area contributed by atoms with Crippen molar-refractivity contribution >= 4 is 49.8 Å². The van der Waals surface area contributed by atoms with E-state index in [2.05, 4.69) is 86.6 Å². The lowest BCUT2D eigenvalue weighted by molar-refractivity contribution is 0.624. The summed E-state index contributed by atoms with van der Waals surface area (Å²) in [5.41, 5.74) is 5.02. The SMILES string of the molecule is Brc1ccc(C2=NN(c3ccccc3)[C@@]3(C=C2)SC(c2ccccc2)=NN3c2ccccc2)cc1. The van der Waals surface area contributed by atoms with Crippen LogP contribution in [-0.4, -0.2) is 15.8 Å². The molecule has 2 aliphatic rings. The zero-order valence-corrected chi connectivity index (χ0v) is 21.1. The summed E-state index contributed by atoms with van der Waals surface area (Å²) < 4.78 is 1.04. The van der Waals surface area contributed by atoms with Gasteiger partial charge in [0, 0.05) is 15.6 Å². The molecular formula is C29H21BrN4S. The average Bonchev–Trinajstić information content (AvgIpc) is 3.31. The van der Waals surface area contributed by atoms with Crippen molar-refractivity contribution in [2.45, 2.75) is 4.99 Å². The fraction of sp³-hybridized carbons (Fsp3) is 0.0345. The molecule has 4 nitrogen and oxygen atoms in total. The van der Waals surface area contributed by atoms with Crippen molar-refractivity contribution in [3.8, 4) is 0 Å². The van der Waals surface area contributed by atoms with Crippen LogP contribution in [0.25, 0.3) is 0 Å². The van der Waals surface area contributed by atoms with Crippen LogP contribution in [0.5, 0.6) is 0 Å². The van der Waals surface area contributed by atoms with Gasteiger partial charge in [-0.15, -0.1) is 0 Å². The zero-order chi connectivity index (χ0) is 23.7. The van der Waals surface area contributed by atoms with Gasteiger partial charge >= 0.3 is 0 Å². The number of hydrazone groups is 2. The van der Waals surface area contributed by atoms with Gasteiger partial charge in [0.25, 0.3) is 0 Å². The number of thioether (sulfide) groups is 1. The summed E-state index contributed by atoms with van der Waals surface area (Å²) in [6.07, 6.45) is 4.32. The Morgan fingerprint density at radius 3 is 1.74 bits per heavy atom. The lowest BCUT2D eigenvalue weighted by Gasteiger charge is -2.43. The Morgan fingerprint density at radius 1 is 0.600 bits per heavy atom. The van der Waals surface area contributed by atoms with Crippen LogP contribution in [0.1, 0.15) is 11.1 Å². The minimum Gasteiger partial charge on any atom is -0.224 e. The third-order valence-electron chi connectivity index (χ3n) is 5.87. The normalized spacial score (nSPS) is 19.1. The molecule has 2 aliphatic heterocycles. The second-order valence-corrected chi connectivity index (χ2v) is 10.3. The molecule has 0 aromatic heterocycles. The van der Waals surface area contributed by atoms with Crippen LogP contribution in [0.2, 0.25) is 0 Å². The first-order valence-electron chi connectivity index (χ1n) is 11.3. The first-order chi connectivity index (χ1) is 17.2. The van der Waals surface area contributed by atoms with E-state index in [0.29, 0.717) is 0 Å². The van der Waals surface area contributed by atoms with E-state index in [9.17, 15) is 0 Å². The summed E-state index contributed by atoms with van der Waals surface area (Å²) in [6.45, 7) is 0. The predicted octanol–water partition coefficient (Wildman–Crippen LogP) is 7.50. The molecule has 0 radical (unpaired) electrons. The standard InChI is InChI=1S/C29H21BrN4S/c30-24-18-16-22(17-19-24)27-20-21-29(33(31-27)25-12-6-2-7-13-25)34(26-14-8-3-9-15-26)32-28(35-29)23-10-4-1-5-11-23/h1-21H/t29-/m1/s1. The molecule has 0 saturated heterocycles. The fourth-order valence-corrected chi connectivity index (χ4v) is 5.70. The molecule has 35 heavy (non-hydrogen) atoms. The Labute approximate surface area is 217 Å². The number of nitrogens with zero attached hydrogens (tertiary/aromatic N) is 4. The highest BCUT2D eigenvalue weighted by atomic mass is 79.9. The van der Waals surface area contributed by atoms with Gasteiger partial charge in [-0.3, -0.25) is 0 Å². The zero-order valence-electron chi connectivity index (χ0n) is 18.7. The maximum atomic E-state index is 5.20. The number of rotatable bonds is 4. The van der Waals surface area contributed by atoms with Crippen LogP contribution in [0.4, 0.5) is 11.4 Å². The van der Waals surface area contributed by atoms with Crippen LogP contribution in [0, 0.1) is 0 Å². The summed E-state index contributed by atoms with van der Waals surface area (Å²) in [4.78, 5) is -0.702. The summed E-state index contributed by atoms with van der Waals surface area (Å²) in [6, 6.07) is 39.1. The van der Waals surface area contributed by atoms with Gasteiger partial charge in [0.2, 0.25) is 4.99 Å². The van der Waals surface area contributed by atoms with Crippen molar-refractivity contribution in [2.75, 3.05) is 10.0 Å². The summed E-state index contributed by atoms with van der Waals surface area (Å²) in [5, 5.41) is 15.4. The first-order valence-corrected chi connectivity index (χ1v) is 12.9. The van der Waals surface area contributed by atoms with Gasteiger partial charge in [0.15, 0.2) is 0 Å². The number of hydrogen-bond acceptors (Lipinski definition) is 5. The van der Waals surface area contributed by atoms with Gasteiger partial charge < -0.3 is 0 Å². The van der Waals surface area contributed by atoms with Crippen molar-refractivity contribution in [1.29, 1.82) is 0 Å². The van der Waals surface area contributed by atoms with Crippen molar-refractivity contribution in [2.24, 2.45) is 10.2 Å². The van der Waals surface area contributed by atoms with Gasteiger partial charge in [-0.05, 0) is 60.3 Å². The van der Waals surface area contributed by atoms with Crippen LogP contribution < -0.4 is 10.0 Å². The highest BCUT2D eigenvalue weighted by Crippen LogP contribution is 2.48. The number of anilines is 2. The molecule has 4 aromatic carbocycles. The third-order valence-corrected chi connectivity index (χ3v) is 7.69. The molecule has 0 amide bonds. The highest BCUT2D eigenvalue weighted by Gasteiger charge is 2.50. The quantitative estimate of drug-likeness (QED) is 0.270. The number of halogens is 1. The minimum absolute atomic E-state index is 0.702. The molecular weight excluding hydrogens is 516 g/mol. The van der Waals surface area contributed by atoms with Gasteiger partial charge in [-0.2, -0.15) is 10.2 Å². The van der Waals surface area contributed by atoms with Crippen LogP contribution >= 0.6 is 27.7 Å². The summed E-state index contributed by atoms with van der Waals surface area (Å²) in [7, 11) is 0. The fourth-order valence-electron chi connectivity index (χ4n) is 4.17. The Hall–Kier alpha value is -3.61. The molecule has 0 unspecified atom stereocenters. The number of para-hydroxylation sites is 2. The van der Waals surface area contributed by atoms with Gasteiger partial charge in [-0.25, -0.2) is 10.0 Å². The Morgan fingerprint density at radius 2 is 1.14 bits per heavy atom. The second-order valence-electron chi connectivity index (χ2n) is 8.15. The van der Waals surface area contributed by atoms with Gasteiger partial charge in [-0.1, -0.05) is 94.8 Å². The minimum atomic E-state index is -0.702. The van der Waals surface area contributed by atoms with Crippen molar-refractivity contribution in [1.82, 2.24) is 0 Å². The summed E-state index contributed by atoms with van der Waals surface area (Å²) in [5.74, 6) is 0. The molecule has 6 rings (SSSR count). The van der Waals surface area contributed by atoms with E-state index in [1.807, 2.05) is 66.7 Å². The largest absolute Gasteiger partial charge is 0.227 e. The molecule has 0 saturated carbocycles. The van der Waals surface area contributed by atoms with E-state index < -0.39 is 4.99 Å². The van der Waals surface area contributed by atoms with Crippen LogP contribution in [0.3, 0.4) is 0 Å². The molecule has 170 valence electrons. The Balaban J connectivity index is 1.51. The molecule has 4 aromatic rings. The predicted molar refractivity (Wildman–Crippen MR) is 151 cm³/mol. The van der Waals surface area contributed by atoms with Crippen molar-refractivity contribution < 1.29 is 0 Å². The van der Waals surface area contributed by atoms with Crippen molar-refractivity contribution in [3.63, 3.8) is 0 Å². The topological polar surface area (TPSA) is 31.2 Å². The average molecular weight is 537 g/mol. The lowest BCUT2D eigenvalue weighted by atomic mass is 10.1. The highest BCUT2D eigenvalue weighted by molar-refractivity contribution is 9.10. The van der Waals surface area contributed by atoms with E-state index in [1.165, 1.54) is 0 Å². The molecule has 2 heterocycles. The maximum Gasteiger partial charge on any atom is 0.227 e. The number of benzene rings is 4. The van der Waals surface area contributed by atoms with E-state index in [4.69, 9.17) is 10.2 Å². The maximum absolute atomic E-state index is 5.20. The van der Waals surface area contributed by atoms with Crippen LogP contribution in [0.15, 0.2) is 142 Å². The van der Waals surface area contributed by atoms with E-state index in [-0.39, 0.29) is 0 Å². The number of hydrogen-bond donors (Lipinski definition) is 0. The second kappa shape index (κ2) is 9.21. The molecule has 0 N–H and O–H groups in total. The lowest BCUT2D eigenvalue weighted by Crippen LogP contribution is -2.53. The number of allylic oxidation sites excluding steroid dienone is 1. The van der Waals surface area contributed by atoms with Crippen molar-refractivity contribution in [3.05, 3.63) is 143 Å². The molecule has 0 fully saturated rings. The molecule has 1 spiro atoms. The smallest absolute Gasteiger partial charge is 0.224 e. The Bertz CT molecular complexity index is 1420. The third kappa shape index (κ3) is 4.09. The van der Waals surface area contributed by atoms with E-state index >= 15 is 0 Å². The molecule has 6 heteroatoms. The molecule has 0 aliphatic carbocycles. The van der Waals surface area contributed by atoms with Gasteiger partial charge in [0.1, 0.15) is 5.04 Å². The first kappa shape index (κ1) is 21.9. The molecule has 1 atom stereocenters. The summed E-state index contributed by atoms with van der Waals surface area (Å²) >= 11 is 5.23.